The van der Waals surface area contributed by atoms with Crippen LogP contribution in [0.15, 0.2) is 67.5 Å². The Labute approximate surface area is 191 Å². The monoisotopic (exact) mass is 445 g/mol. The Hall–Kier alpha value is -3.98. The van der Waals surface area contributed by atoms with Crippen LogP contribution in [0.2, 0.25) is 0 Å². The smallest absolute Gasteiger partial charge is 0.256 e. The second-order valence-corrected chi connectivity index (χ2v) is 7.74. The second-order valence-electron chi connectivity index (χ2n) is 7.74. The molecule has 4 aromatic rings. The highest BCUT2D eigenvalue weighted by molar-refractivity contribution is 6.04. The Morgan fingerprint density at radius 1 is 0.909 bits per heavy atom. The first kappa shape index (κ1) is 22.2. The van der Waals surface area contributed by atoms with E-state index in [-0.39, 0.29) is 11.8 Å². The number of rotatable bonds is 10. The first-order valence-corrected chi connectivity index (χ1v) is 11.0. The van der Waals surface area contributed by atoms with Crippen molar-refractivity contribution < 1.29 is 9.59 Å². The summed E-state index contributed by atoms with van der Waals surface area (Å²) >= 11 is 0. The molecule has 0 aliphatic heterocycles. The summed E-state index contributed by atoms with van der Waals surface area (Å²) in [5.41, 5.74) is 8.09. The van der Waals surface area contributed by atoms with Gasteiger partial charge in [0.05, 0.1) is 18.2 Å². The molecule has 2 amide bonds. The fourth-order valence-electron chi connectivity index (χ4n) is 3.49. The van der Waals surface area contributed by atoms with E-state index in [0.29, 0.717) is 35.7 Å². The number of pyridine rings is 1. The molecule has 0 spiro atoms. The average molecular weight is 446 g/mol. The van der Waals surface area contributed by atoms with Crippen LogP contribution in [0.25, 0.3) is 11.3 Å². The summed E-state index contributed by atoms with van der Waals surface area (Å²) < 4.78 is 3.73. The number of nitrogens with two attached hydrogens (primary N) is 1. The molecule has 0 radical (unpaired) electrons. The molecule has 0 aliphatic carbocycles. The summed E-state index contributed by atoms with van der Waals surface area (Å²) in [6, 6.07) is 10.4. The number of fused-ring (bicyclic) bond motifs is 1. The molecule has 9 heteroatoms. The van der Waals surface area contributed by atoms with E-state index in [1.165, 1.54) is 0 Å². The number of hydrogen-bond donors (Lipinski definition) is 3. The van der Waals surface area contributed by atoms with Crippen LogP contribution in [0.5, 0.6) is 0 Å². The van der Waals surface area contributed by atoms with Crippen LogP contribution in [0.4, 0.5) is 5.82 Å². The number of carbonyl (C=O) groups is 2. The lowest BCUT2D eigenvalue weighted by atomic mass is 10.1. The lowest BCUT2D eigenvalue weighted by Crippen LogP contribution is -2.24. The molecule has 3 heterocycles. The number of anilines is 1. The first-order valence-electron chi connectivity index (χ1n) is 11.0. The van der Waals surface area contributed by atoms with Gasteiger partial charge in [-0.05, 0) is 55.8 Å². The van der Waals surface area contributed by atoms with Crippen molar-refractivity contribution in [3.63, 3.8) is 0 Å². The maximum Gasteiger partial charge on any atom is 0.256 e. The SMILES string of the molecule is NCCCCCCNC(=O)c1ccc(C(=O)Nc2cn3cc(-n4ccnc4)ccc3n2)cc1. The second kappa shape index (κ2) is 10.6. The Kier molecular flexibility index (Phi) is 7.11. The van der Waals surface area contributed by atoms with E-state index in [2.05, 4.69) is 20.6 Å². The predicted molar refractivity (Wildman–Crippen MR) is 127 cm³/mol. The largest absolute Gasteiger partial charge is 0.352 e. The Bertz CT molecular complexity index is 1210. The fraction of sp³-hybridized carbons (Fsp3) is 0.250. The van der Waals surface area contributed by atoms with Crippen LogP contribution in [0.3, 0.4) is 0 Å². The Morgan fingerprint density at radius 2 is 1.67 bits per heavy atom. The molecule has 0 atom stereocenters. The summed E-state index contributed by atoms with van der Waals surface area (Å²) in [6.45, 7) is 1.33. The average Bonchev–Trinajstić information content (AvgIpc) is 3.50. The molecule has 0 fully saturated rings. The van der Waals surface area contributed by atoms with Crippen LogP contribution in [-0.2, 0) is 0 Å². The van der Waals surface area contributed by atoms with Gasteiger partial charge < -0.3 is 25.3 Å². The molecule has 33 heavy (non-hydrogen) atoms. The number of imidazole rings is 2. The molecule has 0 aliphatic rings. The minimum absolute atomic E-state index is 0.144. The molecular weight excluding hydrogens is 418 g/mol. The van der Waals surface area contributed by atoms with Gasteiger partial charge in [0, 0.05) is 36.3 Å². The number of nitrogens with zero attached hydrogens (tertiary/aromatic N) is 4. The van der Waals surface area contributed by atoms with Gasteiger partial charge >= 0.3 is 0 Å². The summed E-state index contributed by atoms with van der Waals surface area (Å²) in [6.07, 6.45) is 13.0. The van der Waals surface area contributed by atoms with E-state index < -0.39 is 0 Å². The molecule has 9 nitrogen and oxygen atoms in total. The van der Waals surface area contributed by atoms with Gasteiger partial charge in [0.25, 0.3) is 11.8 Å². The van der Waals surface area contributed by atoms with Crippen LogP contribution < -0.4 is 16.4 Å². The molecule has 4 rings (SSSR count). The third kappa shape index (κ3) is 5.64. The minimum Gasteiger partial charge on any atom is -0.352 e. The van der Waals surface area contributed by atoms with Crippen LogP contribution in [0.1, 0.15) is 46.4 Å². The van der Waals surface area contributed by atoms with E-state index in [4.69, 9.17) is 5.73 Å². The van der Waals surface area contributed by atoms with Crippen LogP contribution in [0, 0.1) is 0 Å². The summed E-state index contributed by atoms with van der Waals surface area (Å²) in [5, 5.41) is 5.71. The first-order chi connectivity index (χ1) is 16.1. The fourth-order valence-corrected chi connectivity index (χ4v) is 3.49. The van der Waals surface area contributed by atoms with E-state index in [1.807, 2.05) is 33.5 Å². The Balaban J connectivity index is 1.33. The van der Waals surface area contributed by atoms with Gasteiger partial charge in [-0.1, -0.05) is 12.8 Å². The number of unbranched alkanes of at least 4 members (excludes halogenated alkanes) is 3. The van der Waals surface area contributed by atoms with Crippen molar-refractivity contribution in [2.75, 3.05) is 18.4 Å². The van der Waals surface area contributed by atoms with Gasteiger partial charge in [-0.2, -0.15) is 0 Å². The molecular formula is C24H27N7O2. The van der Waals surface area contributed by atoms with Crippen LogP contribution in [-0.4, -0.2) is 43.8 Å². The van der Waals surface area contributed by atoms with E-state index >= 15 is 0 Å². The normalized spacial score (nSPS) is 10.9. The number of carbonyl (C=O) groups excluding carboxylic acids is 2. The van der Waals surface area contributed by atoms with Crippen molar-refractivity contribution in [2.24, 2.45) is 5.73 Å². The van der Waals surface area contributed by atoms with Crippen molar-refractivity contribution >= 4 is 23.3 Å². The van der Waals surface area contributed by atoms with Crippen LogP contribution >= 0.6 is 0 Å². The highest BCUT2D eigenvalue weighted by Crippen LogP contribution is 2.15. The third-order valence-corrected chi connectivity index (χ3v) is 5.31. The van der Waals surface area contributed by atoms with Crippen molar-refractivity contribution in [1.29, 1.82) is 0 Å². The van der Waals surface area contributed by atoms with Crippen molar-refractivity contribution in [3.8, 4) is 5.69 Å². The van der Waals surface area contributed by atoms with Crippen molar-refractivity contribution in [1.82, 2.24) is 24.3 Å². The highest BCUT2D eigenvalue weighted by atomic mass is 16.2. The molecule has 0 unspecified atom stereocenters. The van der Waals surface area contributed by atoms with Gasteiger partial charge in [-0.3, -0.25) is 9.59 Å². The molecule has 0 saturated carbocycles. The third-order valence-electron chi connectivity index (χ3n) is 5.31. The van der Waals surface area contributed by atoms with E-state index in [9.17, 15) is 9.59 Å². The number of amides is 2. The molecule has 170 valence electrons. The zero-order valence-electron chi connectivity index (χ0n) is 18.3. The number of hydrogen-bond acceptors (Lipinski definition) is 5. The number of benzene rings is 1. The summed E-state index contributed by atoms with van der Waals surface area (Å²) in [5.74, 6) is 0.00849. The van der Waals surface area contributed by atoms with Gasteiger partial charge in [0.2, 0.25) is 0 Å². The lowest BCUT2D eigenvalue weighted by Gasteiger charge is -2.06. The van der Waals surface area contributed by atoms with Gasteiger partial charge in [-0.25, -0.2) is 9.97 Å². The van der Waals surface area contributed by atoms with E-state index in [1.54, 1.807) is 43.0 Å². The maximum atomic E-state index is 12.6. The molecule has 0 saturated heterocycles. The van der Waals surface area contributed by atoms with Crippen molar-refractivity contribution in [3.05, 3.63) is 78.6 Å². The zero-order chi connectivity index (χ0) is 23.0. The number of aromatic nitrogens is 4. The van der Waals surface area contributed by atoms with Gasteiger partial charge in [0.15, 0.2) is 5.82 Å². The van der Waals surface area contributed by atoms with Gasteiger partial charge in [-0.15, -0.1) is 0 Å². The molecule has 4 N–H and O–H groups in total. The standard InChI is InChI=1S/C24H27N7O2/c25-11-3-1-2-4-12-27-23(32)18-5-7-19(8-6-18)24(33)29-21-16-31-15-20(9-10-22(31)28-21)30-14-13-26-17-30/h5-10,13-17H,1-4,11-12,25H2,(H,27,32)(H,29,33). The molecule has 3 aromatic heterocycles. The van der Waals surface area contributed by atoms with Crippen molar-refractivity contribution in [2.45, 2.75) is 25.7 Å². The topological polar surface area (TPSA) is 119 Å². The predicted octanol–water partition coefficient (Wildman–Crippen LogP) is 3.02. The van der Waals surface area contributed by atoms with E-state index in [0.717, 1.165) is 31.4 Å². The minimum atomic E-state index is -0.292. The maximum absolute atomic E-state index is 12.6. The summed E-state index contributed by atoms with van der Waals surface area (Å²) in [4.78, 5) is 33.4. The molecule has 0 bridgehead atoms. The lowest BCUT2D eigenvalue weighted by molar-refractivity contribution is 0.0951. The summed E-state index contributed by atoms with van der Waals surface area (Å²) in [7, 11) is 0. The quantitative estimate of drug-likeness (QED) is 0.324. The zero-order valence-corrected chi connectivity index (χ0v) is 18.3. The van der Waals surface area contributed by atoms with Gasteiger partial charge in [0.1, 0.15) is 5.65 Å². The Morgan fingerprint density at radius 3 is 2.39 bits per heavy atom. The molecule has 1 aromatic carbocycles. The highest BCUT2D eigenvalue weighted by Gasteiger charge is 2.11. The number of nitrogens with one attached hydrogen (secondary N) is 2.